The number of nitrogens with zero attached hydrogens (tertiary/aromatic N) is 6. The molecule has 0 aliphatic carbocycles. The second-order valence-electron chi connectivity index (χ2n) is 3.60. The molecule has 0 saturated carbocycles. The Balaban J connectivity index is 2.88. The third-order valence-corrected chi connectivity index (χ3v) is 2.45. The molecule has 1 atom stereocenters. The van der Waals surface area contributed by atoms with E-state index in [1.54, 1.807) is 11.7 Å². The molecular weight excluding hydrogens is 234 g/mol. The molecule has 1 rings (SSSR count). The third-order valence-electron chi connectivity index (χ3n) is 2.45. The summed E-state index contributed by atoms with van der Waals surface area (Å²) in [7, 11) is 3.29. The Morgan fingerprint density at radius 1 is 1.72 bits per heavy atom. The zero-order chi connectivity index (χ0) is 13.5. The average molecular weight is 249 g/mol. The van der Waals surface area contributed by atoms with Gasteiger partial charge >= 0.3 is 0 Å². The van der Waals surface area contributed by atoms with Gasteiger partial charge in [0.2, 0.25) is 5.88 Å². The summed E-state index contributed by atoms with van der Waals surface area (Å²) in [4.78, 5) is 2.65. The number of aryl methyl sites for hydroxylation is 2. The van der Waals surface area contributed by atoms with Gasteiger partial charge in [-0.25, -0.2) is 4.68 Å². The minimum absolute atomic E-state index is 0.288. The molecule has 0 radical (unpaired) electrons. The number of nitrogens with one attached hydrogen (secondary N) is 1. The molecule has 0 aliphatic heterocycles. The minimum Gasteiger partial charge on any atom is -0.481 e. The van der Waals surface area contributed by atoms with Gasteiger partial charge in [-0.2, -0.15) is 10.4 Å². The van der Waals surface area contributed by atoms with E-state index < -0.39 is 6.04 Å². The highest BCUT2D eigenvalue weighted by atomic mass is 16.5. The molecule has 0 bridgehead atoms. The van der Waals surface area contributed by atoms with E-state index in [4.69, 9.17) is 10.3 Å². The number of rotatable bonds is 6. The lowest BCUT2D eigenvalue weighted by molar-refractivity contribution is 0.366. The van der Waals surface area contributed by atoms with Crippen molar-refractivity contribution in [1.82, 2.24) is 15.1 Å². The van der Waals surface area contributed by atoms with Gasteiger partial charge in [0.25, 0.3) is 0 Å². The maximum atomic E-state index is 9.18. The number of hydrogen-bond donors (Lipinski definition) is 1. The summed E-state index contributed by atoms with van der Waals surface area (Å²) in [6.07, 6.45) is 0. The maximum absolute atomic E-state index is 9.18. The Kier molecular flexibility index (Phi) is 4.99. The summed E-state index contributed by atoms with van der Waals surface area (Å²) >= 11 is 0. The summed E-state index contributed by atoms with van der Waals surface area (Å²) < 4.78 is 6.82. The van der Waals surface area contributed by atoms with Crippen molar-refractivity contribution in [3.8, 4) is 11.9 Å². The average Bonchev–Trinajstić information content (AvgIpc) is 2.64. The molecule has 0 fully saturated rings. The van der Waals surface area contributed by atoms with E-state index in [9.17, 15) is 5.26 Å². The zero-order valence-corrected chi connectivity index (χ0v) is 10.6. The highest BCUT2D eigenvalue weighted by molar-refractivity contribution is 5.37. The first kappa shape index (κ1) is 13.8. The fourth-order valence-corrected chi connectivity index (χ4v) is 1.74. The molecule has 1 aromatic heterocycles. The van der Waals surface area contributed by atoms with Crippen LogP contribution in [0.3, 0.4) is 0 Å². The Labute approximate surface area is 105 Å². The van der Waals surface area contributed by atoms with Gasteiger partial charge < -0.3 is 4.74 Å². The van der Waals surface area contributed by atoms with Gasteiger partial charge in [0.15, 0.2) is 0 Å². The Morgan fingerprint density at radius 2 is 2.44 bits per heavy atom. The lowest BCUT2D eigenvalue weighted by atomic mass is 10.1. The molecular formula is C10H15N7O. The summed E-state index contributed by atoms with van der Waals surface area (Å²) in [6, 6.07) is 1.61. The van der Waals surface area contributed by atoms with Crippen LogP contribution in [0.1, 0.15) is 17.3 Å². The number of nitriles is 1. The number of aromatic nitrogens is 2. The molecule has 0 amide bonds. The van der Waals surface area contributed by atoms with Gasteiger partial charge in [-0.05, 0) is 12.5 Å². The highest BCUT2D eigenvalue weighted by Gasteiger charge is 2.22. The molecule has 0 aliphatic rings. The van der Waals surface area contributed by atoms with Gasteiger partial charge in [0.1, 0.15) is 6.04 Å². The van der Waals surface area contributed by atoms with Gasteiger partial charge in [-0.15, -0.1) is 0 Å². The van der Waals surface area contributed by atoms with Crippen LogP contribution >= 0.6 is 0 Å². The summed E-state index contributed by atoms with van der Waals surface area (Å²) in [5.74, 6) is 0.551. The molecule has 8 heteroatoms. The number of ether oxygens (including phenoxy) is 1. The summed E-state index contributed by atoms with van der Waals surface area (Å²) in [6.45, 7) is 2.52. The van der Waals surface area contributed by atoms with Crippen molar-refractivity contribution in [2.45, 2.75) is 13.0 Å². The predicted molar refractivity (Wildman–Crippen MR) is 64.9 cm³/mol. The smallest absolute Gasteiger partial charge is 0.217 e. The van der Waals surface area contributed by atoms with Crippen LogP contribution in [0.15, 0.2) is 5.11 Å². The Hall–Kier alpha value is -2.23. The van der Waals surface area contributed by atoms with Crippen molar-refractivity contribution in [2.75, 3.05) is 20.2 Å². The van der Waals surface area contributed by atoms with Gasteiger partial charge in [0, 0.05) is 25.0 Å². The van der Waals surface area contributed by atoms with Crippen molar-refractivity contribution >= 4 is 0 Å². The molecule has 1 unspecified atom stereocenters. The van der Waals surface area contributed by atoms with Gasteiger partial charge in [-0.3, -0.25) is 5.32 Å². The normalized spacial score (nSPS) is 11.4. The van der Waals surface area contributed by atoms with Crippen molar-refractivity contribution in [3.05, 3.63) is 21.7 Å². The fraction of sp³-hybridized carbons (Fsp3) is 0.600. The number of methoxy groups -OCH3 is 1. The summed E-state index contributed by atoms with van der Waals surface area (Å²) in [5.41, 5.74) is 9.61. The van der Waals surface area contributed by atoms with Crippen molar-refractivity contribution < 1.29 is 4.74 Å². The quantitative estimate of drug-likeness (QED) is 0.353. The summed E-state index contributed by atoms with van der Waals surface area (Å²) in [5, 5.41) is 19.8. The largest absolute Gasteiger partial charge is 0.481 e. The molecule has 96 valence electrons. The topological polar surface area (TPSA) is 112 Å². The number of azide groups is 1. The minimum atomic E-state index is -0.539. The van der Waals surface area contributed by atoms with Crippen LogP contribution < -0.4 is 10.1 Å². The van der Waals surface area contributed by atoms with E-state index in [1.807, 2.05) is 6.92 Å². The lowest BCUT2D eigenvalue weighted by Gasteiger charge is -2.12. The van der Waals surface area contributed by atoms with E-state index in [2.05, 4.69) is 26.5 Å². The van der Waals surface area contributed by atoms with Crippen LogP contribution in [0.4, 0.5) is 0 Å². The van der Waals surface area contributed by atoms with E-state index >= 15 is 0 Å². The van der Waals surface area contributed by atoms with Gasteiger partial charge in [-0.1, -0.05) is 5.11 Å². The molecule has 0 aromatic carbocycles. The first-order chi connectivity index (χ1) is 8.65. The monoisotopic (exact) mass is 249 g/mol. The van der Waals surface area contributed by atoms with Crippen LogP contribution in [0.5, 0.6) is 5.88 Å². The van der Waals surface area contributed by atoms with E-state index in [0.717, 1.165) is 5.69 Å². The van der Waals surface area contributed by atoms with Crippen molar-refractivity contribution in [2.24, 2.45) is 12.2 Å². The van der Waals surface area contributed by atoms with Crippen LogP contribution in [-0.2, 0) is 7.05 Å². The third kappa shape index (κ3) is 2.91. The molecule has 1 N–H and O–H groups in total. The molecule has 0 spiro atoms. The Bertz CT molecular complexity index is 495. The molecule has 1 heterocycles. The van der Waals surface area contributed by atoms with Gasteiger partial charge in [0.05, 0.1) is 24.4 Å². The first-order valence-corrected chi connectivity index (χ1v) is 5.37. The molecule has 0 saturated heterocycles. The maximum Gasteiger partial charge on any atom is 0.217 e. The fourth-order valence-electron chi connectivity index (χ4n) is 1.74. The zero-order valence-electron chi connectivity index (χ0n) is 10.6. The second-order valence-corrected chi connectivity index (χ2v) is 3.60. The first-order valence-electron chi connectivity index (χ1n) is 5.37. The second kappa shape index (κ2) is 6.49. The Morgan fingerprint density at radius 3 is 3.00 bits per heavy atom. The highest BCUT2D eigenvalue weighted by Crippen LogP contribution is 2.27. The van der Waals surface area contributed by atoms with E-state index in [0.29, 0.717) is 18.0 Å². The standard InChI is InChI=1S/C10H15N7O/c1-7-9(10(18-3)17(2)15-7)8(6-11)13-4-5-14-16-12/h8,13H,4-5H2,1-3H3. The van der Waals surface area contributed by atoms with Crippen LogP contribution in [0, 0.1) is 18.3 Å². The molecule has 8 nitrogen and oxygen atoms in total. The van der Waals surface area contributed by atoms with Crippen LogP contribution in [-0.4, -0.2) is 30.0 Å². The van der Waals surface area contributed by atoms with Crippen LogP contribution in [0.2, 0.25) is 0 Å². The lowest BCUT2D eigenvalue weighted by Crippen LogP contribution is -2.23. The molecule has 1 aromatic rings. The predicted octanol–water partition coefficient (Wildman–Crippen LogP) is 1.20. The van der Waals surface area contributed by atoms with Crippen LogP contribution in [0.25, 0.3) is 10.4 Å². The SMILES string of the molecule is COc1c(C(C#N)NCCN=[N+]=[N-])c(C)nn1C. The molecule has 18 heavy (non-hydrogen) atoms. The van der Waals surface area contributed by atoms with Crippen molar-refractivity contribution in [3.63, 3.8) is 0 Å². The van der Waals surface area contributed by atoms with Crippen molar-refractivity contribution in [1.29, 1.82) is 5.26 Å². The van der Waals surface area contributed by atoms with E-state index in [1.165, 1.54) is 7.11 Å². The number of hydrogen-bond acceptors (Lipinski definition) is 5. The van der Waals surface area contributed by atoms with E-state index in [-0.39, 0.29) is 6.54 Å².